The molecule has 0 aliphatic carbocycles. The second-order valence-electron chi connectivity index (χ2n) is 5.85. The van der Waals surface area contributed by atoms with Crippen molar-refractivity contribution in [2.24, 2.45) is 5.92 Å². The van der Waals surface area contributed by atoms with E-state index in [1.54, 1.807) is 0 Å². The van der Waals surface area contributed by atoms with E-state index in [9.17, 15) is 4.79 Å². The fraction of sp³-hybridized carbons (Fsp3) is 0.529. The number of benzene rings is 1. The fourth-order valence-electron chi connectivity index (χ4n) is 3.09. The first kappa shape index (κ1) is 15.5. The lowest BCUT2D eigenvalue weighted by molar-refractivity contribution is -0.137. The number of rotatable bonds is 5. The van der Waals surface area contributed by atoms with Crippen molar-refractivity contribution in [1.29, 1.82) is 5.26 Å². The number of piperidine rings is 1. The van der Waals surface area contributed by atoms with Crippen LogP contribution in [0, 0.1) is 17.2 Å². The Morgan fingerprint density at radius 1 is 1.57 bits per heavy atom. The monoisotopic (exact) mass is 286 g/mol. The molecule has 0 aromatic heterocycles. The largest absolute Gasteiger partial charge is 0.481 e. The van der Waals surface area contributed by atoms with Crippen LogP contribution in [-0.4, -0.2) is 29.1 Å². The van der Waals surface area contributed by atoms with Gasteiger partial charge in [0.25, 0.3) is 0 Å². The zero-order valence-corrected chi connectivity index (χ0v) is 12.5. The molecule has 1 aromatic carbocycles. The summed E-state index contributed by atoms with van der Waals surface area (Å²) in [5, 5.41) is 17.8. The third-order valence-corrected chi connectivity index (χ3v) is 4.36. The first-order valence-corrected chi connectivity index (χ1v) is 7.56. The van der Waals surface area contributed by atoms with Gasteiger partial charge in [-0.25, -0.2) is 0 Å². The number of carbonyl (C=O) groups is 1. The Morgan fingerprint density at radius 2 is 2.38 bits per heavy atom. The van der Waals surface area contributed by atoms with Crippen LogP contribution in [0.2, 0.25) is 0 Å². The van der Waals surface area contributed by atoms with E-state index in [-0.39, 0.29) is 12.5 Å². The van der Waals surface area contributed by atoms with Gasteiger partial charge in [-0.2, -0.15) is 5.26 Å². The molecule has 4 nitrogen and oxygen atoms in total. The second-order valence-corrected chi connectivity index (χ2v) is 5.85. The normalized spacial score (nSPS) is 20.7. The number of nitrogens with zero attached hydrogens (tertiary/aromatic N) is 2. The molecule has 2 unspecified atom stereocenters. The highest BCUT2D eigenvalue weighted by Gasteiger charge is 2.24. The summed E-state index contributed by atoms with van der Waals surface area (Å²) in [6.45, 7) is 4.16. The van der Waals surface area contributed by atoms with Crippen LogP contribution in [0.5, 0.6) is 0 Å². The summed E-state index contributed by atoms with van der Waals surface area (Å²) in [5.41, 5.74) is 1.85. The summed E-state index contributed by atoms with van der Waals surface area (Å²) in [6.07, 6.45) is 3.26. The number of nitriles is 1. The van der Waals surface area contributed by atoms with Gasteiger partial charge in [0.1, 0.15) is 0 Å². The number of aliphatic carboxylic acids is 1. The molecule has 1 aromatic rings. The Morgan fingerprint density at radius 3 is 3.10 bits per heavy atom. The fourth-order valence-corrected chi connectivity index (χ4v) is 3.09. The van der Waals surface area contributed by atoms with Crippen molar-refractivity contribution in [3.8, 4) is 6.07 Å². The standard InChI is InChI=1S/C17H22N2O2/c1-13(16-6-2-4-15(10-16)11-18)19-9-3-5-14(12-19)7-8-17(20)21/h2,4,6,10,13-14H,3,5,7-9,12H2,1H3,(H,20,21). The molecular formula is C17H22N2O2. The summed E-state index contributed by atoms with van der Waals surface area (Å²) in [5.74, 6) is -0.238. The number of hydrogen-bond donors (Lipinski definition) is 1. The molecule has 1 fully saturated rings. The predicted molar refractivity (Wildman–Crippen MR) is 80.7 cm³/mol. The van der Waals surface area contributed by atoms with Crippen molar-refractivity contribution in [1.82, 2.24) is 4.90 Å². The third-order valence-electron chi connectivity index (χ3n) is 4.36. The van der Waals surface area contributed by atoms with E-state index in [4.69, 9.17) is 10.4 Å². The number of carboxylic acids is 1. The molecule has 21 heavy (non-hydrogen) atoms. The lowest BCUT2D eigenvalue weighted by Crippen LogP contribution is -2.37. The minimum absolute atomic E-state index is 0.261. The number of hydrogen-bond acceptors (Lipinski definition) is 3. The van der Waals surface area contributed by atoms with Gasteiger partial charge in [-0.05, 0) is 56.3 Å². The molecule has 0 saturated carbocycles. The Balaban J connectivity index is 1.99. The summed E-state index contributed by atoms with van der Waals surface area (Å²) in [4.78, 5) is 13.1. The van der Waals surface area contributed by atoms with E-state index >= 15 is 0 Å². The number of carboxylic acid groups (broad SMARTS) is 1. The maximum atomic E-state index is 10.7. The molecule has 1 saturated heterocycles. The third kappa shape index (κ3) is 4.30. The van der Waals surface area contributed by atoms with E-state index in [1.807, 2.05) is 18.2 Å². The molecular weight excluding hydrogens is 264 g/mol. The quantitative estimate of drug-likeness (QED) is 0.902. The van der Waals surface area contributed by atoms with Crippen LogP contribution in [-0.2, 0) is 4.79 Å². The van der Waals surface area contributed by atoms with E-state index in [0.29, 0.717) is 11.5 Å². The van der Waals surface area contributed by atoms with Gasteiger partial charge in [-0.15, -0.1) is 0 Å². The molecule has 0 bridgehead atoms. The lowest BCUT2D eigenvalue weighted by Gasteiger charge is -2.37. The van der Waals surface area contributed by atoms with Crippen LogP contribution in [0.15, 0.2) is 24.3 Å². The molecule has 0 amide bonds. The van der Waals surface area contributed by atoms with Gasteiger partial charge in [-0.3, -0.25) is 9.69 Å². The molecule has 1 heterocycles. The van der Waals surface area contributed by atoms with Crippen LogP contribution in [0.25, 0.3) is 0 Å². The molecule has 1 aliphatic rings. The maximum Gasteiger partial charge on any atom is 0.303 e. The van der Waals surface area contributed by atoms with Gasteiger partial charge >= 0.3 is 5.97 Å². The number of likely N-dealkylation sites (tertiary alicyclic amines) is 1. The minimum atomic E-state index is -0.707. The lowest BCUT2D eigenvalue weighted by atomic mass is 9.91. The zero-order valence-electron chi connectivity index (χ0n) is 12.5. The zero-order chi connectivity index (χ0) is 15.2. The van der Waals surface area contributed by atoms with Crippen molar-refractivity contribution < 1.29 is 9.90 Å². The Bertz CT molecular complexity index is 536. The first-order chi connectivity index (χ1) is 10.1. The Labute approximate surface area is 126 Å². The van der Waals surface area contributed by atoms with Crippen LogP contribution < -0.4 is 0 Å². The van der Waals surface area contributed by atoms with Crippen LogP contribution in [0.4, 0.5) is 0 Å². The molecule has 2 rings (SSSR count). The Hall–Kier alpha value is -1.86. The summed E-state index contributed by atoms with van der Waals surface area (Å²) >= 11 is 0. The van der Waals surface area contributed by atoms with Gasteiger partial charge in [0.05, 0.1) is 11.6 Å². The average Bonchev–Trinajstić information content (AvgIpc) is 2.52. The van der Waals surface area contributed by atoms with Gasteiger partial charge in [0.15, 0.2) is 0 Å². The van der Waals surface area contributed by atoms with Gasteiger partial charge in [0.2, 0.25) is 0 Å². The van der Waals surface area contributed by atoms with E-state index in [1.165, 1.54) is 0 Å². The van der Waals surface area contributed by atoms with Gasteiger partial charge in [0, 0.05) is 19.0 Å². The van der Waals surface area contributed by atoms with E-state index < -0.39 is 5.97 Å². The van der Waals surface area contributed by atoms with E-state index in [0.717, 1.165) is 37.9 Å². The minimum Gasteiger partial charge on any atom is -0.481 e. The van der Waals surface area contributed by atoms with Crippen LogP contribution in [0.3, 0.4) is 0 Å². The molecule has 1 aliphatic heterocycles. The molecule has 2 atom stereocenters. The SMILES string of the molecule is CC(c1cccc(C#N)c1)N1CCCC(CCC(=O)O)C1. The highest BCUT2D eigenvalue weighted by atomic mass is 16.4. The molecule has 4 heteroatoms. The van der Waals surface area contributed by atoms with Crippen molar-refractivity contribution in [3.63, 3.8) is 0 Å². The van der Waals surface area contributed by atoms with Gasteiger partial charge in [-0.1, -0.05) is 12.1 Å². The molecule has 0 spiro atoms. The highest BCUT2D eigenvalue weighted by molar-refractivity contribution is 5.66. The van der Waals surface area contributed by atoms with Crippen molar-refractivity contribution in [2.45, 2.75) is 38.6 Å². The Kier molecular flexibility index (Phi) is 5.35. The topological polar surface area (TPSA) is 64.3 Å². The maximum absolute atomic E-state index is 10.7. The molecule has 112 valence electrons. The second kappa shape index (κ2) is 7.24. The average molecular weight is 286 g/mol. The van der Waals surface area contributed by atoms with Gasteiger partial charge < -0.3 is 5.11 Å². The van der Waals surface area contributed by atoms with Crippen molar-refractivity contribution in [3.05, 3.63) is 35.4 Å². The van der Waals surface area contributed by atoms with Crippen molar-refractivity contribution >= 4 is 5.97 Å². The summed E-state index contributed by atoms with van der Waals surface area (Å²) in [6, 6.07) is 10.2. The smallest absolute Gasteiger partial charge is 0.303 e. The summed E-state index contributed by atoms with van der Waals surface area (Å²) in [7, 11) is 0. The molecule has 0 radical (unpaired) electrons. The summed E-state index contributed by atoms with van der Waals surface area (Å²) < 4.78 is 0. The molecule has 1 N–H and O–H groups in total. The predicted octanol–water partition coefficient (Wildman–Crippen LogP) is 3.20. The van der Waals surface area contributed by atoms with E-state index in [2.05, 4.69) is 24.0 Å². The van der Waals surface area contributed by atoms with Crippen LogP contribution >= 0.6 is 0 Å². The van der Waals surface area contributed by atoms with Crippen LogP contribution in [0.1, 0.15) is 49.8 Å². The first-order valence-electron chi connectivity index (χ1n) is 7.56. The van der Waals surface area contributed by atoms with Crippen molar-refractivity contribution in [2.75, 3.05) is 13.1 Å². The highest BCUT2D eigenvalue weighted by Crippen LogP contribution is 2.28.